The Hall–Kier alpha value is -4.45. The lowest BCUT2D eigenvalue weighted by Gasteiger charge is -2.36. The van der Waals surface area contributed by atoms with Gasteiger partial charge in [0, 0.05) is 54.3 Å². The molecular formula is C29H24N4O2. The molecule has 3 heterocycles. The minimum absolute atomic E-state index is 0.00393. The number of aromatic nitrogens is 2. The molecule has 1 fully saturated rings. The molecule has 3 aromatic carbocycles. The summed E-state index contributed by atoms with van der Waals surface area (Å²) in [5.41, 5.74) is 3.38. The maximum atomic E-state index is 13.6. The summed E-state index contributed by atoms with van der Waals surface area (Å²) in [7, 11) is 0. The quantitative estimate of drug-likeness (QED) is 0.353. The number of fused-ring (bicyclic) bond motifs is 1. The minimum Gasteiger partial charge on any atom is -0.436 e. The number of hydrogen-bond acceptors (Lipinski definition) is 5. The molecule has 172 valence electrons. The Morgan fingerprint density at radius 3 is 2.37 bits per heavy atom. The highest BCUT2D eigenvalue weighted by molar-refractivity contribution is 6.00. The van der Waals surface area contributed by atoms with Crippen molar-refractivity contribution >= 4 is 22.4 Å². The number of benzene rings is 3. The van der Waals surface area contributed by atoms with Crippen LogP contribution in [0.15, 0.2) is 102 Å². The number of nitrogens with zero attached hydrogens (tertiary/aromatic N) is 4. The third kappa shape index (κ3) is 4.04. The first-order valence-corrected chi connectivity index (χ1v) is 11.8. The van der Waals surface area contributed by atoms with E-state index in [2.05, 4.69) is 33.1 Å². The van der Waals surface area contributed by atoms with Crippen molar-refractivity contribution < 1.29 is 9.21 Å². The van der Waals surface area contributed by atoms with Crippen molar-refractivity contribution in [3.63, 3.8) is 0 Å². The van der Waals surface area contributed by atoms with Crippen molar-refractivity contribution in [2.45, 2.75) is 0 Å². The summed E-state index contributed by atoms with van der Waals surface area (Å²) in [6.45, 7) is 2.77. The van der Waals surface area contributed by atoms with Gasteiger partial charge in [-0.15, -0.1) is 0 Å². The van der Waals surface area contributed by atoms with Crippen LogP contribution in [0.3, 0.4) is 0 Å². The van der Waals surface area contributed by atoms with Crippen molar-refractivity contribution in [2.75, 3.05) is 31.1 Å². The Balaban J connectivity index is 1.22. The number of pyridine rings is 1. The Morgan fingerprint density at radius 2 is 1.51 bits per heavy atom. The van der Waals surface area contributed by atoms with Gasteiger partial charge >= 0.3 is 0 Å². The molecule has 1 aliphatic rings. The molecule has 0 spiro atoms. The van der Waals surface area contributed by atoms with E-state index in [4.69, 9.17) is 4.42 Å². The fourth-order valence-electron chi connectivity index (χ4n) is 4.66. The van der Waals surface area contributed by atoms with Crippen LogP contribution in [0.4, 0.5) is 5.69 Å². The standard InChI is InChI=1S/C29H24N4O2/c34-29(33-16-14-32(15-17-33)26-19-30-18-22-10-4-5-11-23(22)26)25-13-7-6-12-24(25)28-31-20-27(35-28)21-8-2-1-3-9-21/h1-13,18-20H,14-17H2. The van der Waals surface area contributed by atoms with Crippen molar-refractivity contribution in [2.24, 2.45) is 0 Å². The average Bonchev–Trinajstić information content (AvgIpc) is 3.43. The van der Waals surface area contributed by atoms with Crippen molar-refractivity contribution in [3.8, 4) is 22.8 Å². The van der Waals surface area contributed by atoms with Crippen molar-refractivity contribution in [3.05, 3.63) is 103 Å². The first-order chi connectivity index (χ1) is 17.3. The van der Waals surface area contributed by atoms with E-state index < -0.39 is 0 Å². The van der Waals surface area contributed by atoms with Gasteiger partial charge in [0.25, 0.3) is 5.91 Å². The molecule has 6 heteroatoms. The molecule has 5 aromatic rings. The number of hydrogen-bond donors (Lipinski definition) is 0. The second-order valence-electron chi connectivity index (χ2n) is 8.60. The molecule has 0 atom stereocenters. The topological polar surface area (TPSA) is 62.5 Å². The SMILES string of the molecule is O=C(c1ccccc1-c1ncc(-c2ccccc2)o1)N1CCN(c2cncc3ccccc23)CC1. The summed E-state index contributed by atoms with van der Waals surface area (Å²) in [5, 5.41) is 2.31. The molecule has 0 N–H and O–H groups in total. The van der Waals surface area contributed by atoms with Gasteiger partial charge in [0.15, 0.2) is 5.76 Å². The van der Waals surface area contributed by atoms with Crippen LogP contribution < -0.4 is 4.90 Å². The zero-order valence-corrected chi connectivity index (χ0v) is 19.2. The second kappa shape index (κ2) is 9.06. The number of rotatable bonds is 4. The van der Waals surface area contributed by atoms with Gasteiger partial charge in [0.1, 0.15) is 0 Å². The zero-order chi connectivity index (χ0) is 23.6. The van der Waals surface area contributed by atoms with Crippen LogP contribution in [0.25, 0.3) is 33.6 Å². The molecular weight excluding hydrogens is 436 g/mol. The molecule has 6 rings (SSSR count). The van der Waals surface area contributed by atoms with Crippen molar-refractivity contribution in [1.29, 1.82) is 0 Å². The molecule has 6 nitrogen and oxygen atoms in total. The zero-order valence-electron chi connectivity index (χ0n) is 19.2. The van der Waals surface area contributed by atoms with Gasteiger partial charge < -0.3 is 14.2 Å². The van der Waals surface area contributed by atoms with Crippen LogP contribution in [0.2, 0.25) is 0 Å². The summed E-state index contributed by atoms with van der Waals surface area (Å²) in [6.07, 6.45) is 5.52. The largest absolute Gasteiger partial charge is 0.436 e. The normalized spacial score (nSPS) is 13.8. The van der Waals surface area contributed by atoms with E-state index in [1.165, 1.54) is 5.39 Å². The van der Waals surface area contributed by atoms with E-state index in [1.807, 2.05) is 78.0 Å². The Bertz CT molecular complexity index is 1480. The second-order valence-corrected chi connectivity index (χ2v) is 8.60. The number of carbonyl (C=O) groups is 1. The summed E-state index contributed by atoms with van der Waals surface area (Å²) in [4.78, 5) is 26.7. The maximum absolute atomic E-state index is 13.6. The van der Waals surface area contributed by atoms with E-state index >= 15 is 0 Å². The average molecular weight is 461 g/mol. The molecule has 1 amide bonds. The highest BCUT2D eigenvalue weighted by Gasteiger charge is 2.26. The summed E-state index contributed by atoms with van der Waals surface area (Å²) in [6, 6.07) is 25.7. The van der Waals surface area contributed by atoms with Crippen LogP contribution in [0.5, 0.6) is 0 Å². The lowest BCUT2D eigenvalue weighted by Crippen LogP contribution is -2.49. The van der Waals surface area contributed by atoms with E-state index in [-0.39, 0.29) is 5.91 Å². The summed E-state index contributed by atoms with van der Waals surface area (Å²) in [5.74, 6) is 1.13. The molecule has 35 heavy (non-hydrogen) atoms. The molecule has 0 radical (unpaired) electrons. The first kappa shape index (κ1) is 21.1. The van der Waals surface area contributed by atoms with E-state index in [1.54, 1.807) is 6.20 Å². The van der Waals surface area contributed by atoms with Crippen molar-refractivity contribution in [1.82, 2.24) is 14.9 Å². The fraction of sp³-hybridized carbons (Fsp3) is 0.138. The van der Waals surface area contributed by atoms with Gasteiger partial charge in [0.05, 0.1) is 23.6 Å². The van der Waals surface area contributed by atoms with Crippen LogP contribution in [-0.4, -0.2) is 47.0 Å². The Morgan fingerprint density at radius 1 is 0.771 bits per heavy atom. The van der Waals surface area contributed by atoms with E-state index in [9.17, 15) is 4.79 Å². The van der Waals surface area contributed by atoms with Gasteiger partial charge in [-0.25, -0.2) is 4.98 Å². The lowest BCUT2D eigenvalue weighted by atomic mass is 10.1. The van der Waals surface area contributed by atoms with Gasteiger partial charge in [0.2, 0.25) is 5.89 Å². The number of oxazole rings is 1. The molecule has 0 aliphatic carbocycles. The monoisotopic (exact) mass is 460 g/mol. The Kier molecular flexibility index (Phi) is 5.47. The molecule has 1 aliphatic heterocycles. The molecule has 2 aromatic heterocycles. The molecule has 0 saturated carbocycles. The van der Waals surface area contributed by atoms with Gasteiger partial charge in [-0.2, -0.15) is 0 Å². The smallest absolute Gasteiger partial charge is 0.254 e. The Labute approximate surface area is 203 Å². The van der Waals surface area contributed by atoms with E-state index in [0.29, 0.717) is 35.9 Å². The van der Waals surface area contributed by atoms with Gasteiger partial charge in [-0.3, -0.25) is 9.78 Å². The third-order valence-electron chi connectivity index (χ3n) is 6.51. The number of amides is 1. The number of anilines is 1. The predicted molar refractivity (Wildman–Crippen MR) is 137 cm³/mol. The number of piperazine rings is 1. The van der Waals surface area contributed by atoms with Crippen LogP contribution in [0, 0.1) is 0 Å². The first-order valence-electron chi connectivity index (χ1n) is 11.8. The minimum atomic E-state index is -0.00393. The highest BCUT2D eigenvalue weighted by atomic mass is 16.4. The number of carbonyl (C=O) groups excluding carboxylic acids is 1. The molecule has 0 unspecified atom stereocenters. The molecule has 1 saturated heterocycles. The van der Waals surface area contributed by atoms with Gasteiger partial charge in [-0.05, 0) is 12.1 Å². The summed E-state index contributed by atoms with van der Waals surface area (Å²) >= 11 is 0. The lowest BCUT2D eigenvalue weighted by molar-refractivity contribution is 0.0747. The van der Waals surface area contributed by atoms with Crippen LogP contribution >= 0.6 is 0 Å². The summed E-state index contributed by atoms with van der Waals surface area (Å²) < 4.78 is 6.05. The maximum Gasteiger partial charge on any atom is 0.254 e. The highest BCUT2D eigenvalue weighted by Crippen LogP contribution is 2.30. The van der Waals surface area contributed by atoms with Crippen LogP contribution in [-0.2, 0) is 0 Å². The predicted octanol–water partition coefficient (Wildman–Crippen LogP) is 5.52. The van der Waals surface area contributed by atoms with Gasteiger partial charge in [-0.1, -0.05) is 66.7 Å². The fourth-order valence-corrected chi connectivity index (χ4v) is 4.66. The molecule has 0 bridgehead atoms. The van der Waals surface area contributed by atoms with Crippen LogP contribution in [0.1, 0.15) is 10.4 Å². The van der Waals surface area contributed by atoms with E-state index in [0.717, 1.165) is 29.7 Å². The third-order valence-corrected chi connectivity index (χ3v) is 6.51.